The minimum atomic E-state index is -1.94. The molecule has 2 aromatic carbocycles. The second-order valence-electron chi connectivity index (χ2n) is 13.3. The average Bonchev–Trinajstić information content (AvgIpc) is 2.82. The Hall–Kier alpha value is -2.11. The summed E-state index contributed by atoms with van der Waals surface area (Å²) in [5, 5.41) is 0.144. The van der Waals surface area contributed by atoms with Crippen LogP contribution in [-0.2, 0) is 14.6 Å². The van der Waals surface area contributed by atoms with Crippen molar-refractivity contribution < 1.29 is 18.7 Å². The van der Waals surface area contributed by atoms with Gasteiger partial charge in [-0.3, -0.25) is 0 Å². The highest BCUT2D eigenvalue weighted by molar-refractivity contribution is 6.74. The van der Waals surface area contributed by atoms with E-state index in [1.807, 2.05) is 13.0 Å². The van der Waals surface area contributed by atoms with Gasteiger partial charge in [0.15, 0.2) is 8.32 Å². The highest BCUT2D eigenvalue weighted by Gasteiger charge is 2.42. The number of aryl methyl sites for hydroxylation is 2. The standard InChI is InChI=1S/C33H52O4Si/c1-14-33(15-2,25-16-18-27(23(3)20-25)30(34)35-11)26-17-19-28(24(4)21-26)36-22-29(31(5,6)7)37-38(12,13)32(8,9)10/h16-21,29H,14-15,22H2,1-13H3. The second kappa shape index (κ2) is 12.0. The number of hydrogen-bond acceptors (Lipinski definition) is 4. The highest BCUT2D eigenvalue weighted by Crippen LogP contribution is 2.42. The summed E-state index contributed by atoms with van der Waals surface area (Å²) in [6, 6.07) is 12.7. The van der Waals surface area contributed by atoms with Gasteiger partial charge in [0.2, 0.25) is 0 Å². The number of hydrogen-bond donors (Lipinski definition) is 0. The number of esters is 1. The third-order valence-electron chi connectivity index (χ3n) is 8.72. The van der Waals surface area contributed by atoms with Crippen LogP contribution < -0.4 is 4.74 Å². The lowest BCUT2D eigenvalue weighted by Crippen LogP contribution is -2.49. The lowest BCUT2D eigenvalue weighted by molar-refractivity contribution is 0.0310. The number of methoxy groups -OCH3 is 1. The van der Waals surface area contributed by atoms with E-state index in [1.54, 1.807) is 0 Å². The fourth-order valence-electron chi connectivity index (χ4n) is 4.80. The summed E-state index contributed by atoms with van der Waals surface area (Å²) in [7, 11) is -0.514. The molecule has 38 heavy (non-hydrogen) atoms. The molecule has 2 aromatic rings. The molecule has 0 N–H and O–H groups in total. The van der Waals surface area contributed by atoms with Crippen molar-refractivity contribution in [2.75, 3.05) is 13.7 Å². The predicted octanol–water partition coefficient (Wildman–Crippen LogP) is 9.01. The lowest BCUT2D eigenvalue weighted by atomic mass is 9.70. The smallest absolute Gasteiger partial charge is 0.338 e. The van der Waals surface area contributed by atoms with Crippen molar-refractivity contribution in [1.82, 2.24) is 0 Å². The number of rotatable bonds is 10. The maximum absolute atomic E-state index is 12.1. The van der Waals surface area contributed by atoms with Gasteiger partial charge < -0.3 is 13.9 Å². The monoisotopic (exact) mass is 540 g/mol. The first-order chi connectivity index (χ1) is 17.4. The van der Waals surface area contributed by atoms with Crippen LogP contribution >= 0.6 is 0 Å². The molecule has 2 rings (SSSR count). The average molecular weight is 541 g/mol. The largest absolute Gasteiger partial charge is 0.491 e. The van der Waals surface area contributed by atoms with E-state index in [1.165, 1.54) is 18.2 Å². The van der Waals surface area contributed by atoms with Crippen LogP contribution in [0.15, 0.2) is 36.4 Å². The van der Waals surface area contributed by atoms with Gasteiger partial charge >= 0.3 is 5.97 Å². The Labute approximate surface area is 233 Å². The first-order valence-electron chi connectivity index (χ1n) is 14.0. The molecular weight excluding hydrogens is 488 g/mol. The molecule has 0 aliphatic rings. The van der Waals surface area contributed by atoms with Crippen LogP contribution in [0.25, 0.3) is 0 Å². The van der Waals surface area contributed by atoms with E-state index in [0.717, 1.165) is 29.7 Å². The zero-order chi connectivity index (χ0) is 29.1. The van der Waals surface area contributed by atoms with Gasteiger partial charge in [-0.1, -0.05) is 79.7 Å². The Morgan fingerprint density at radius 1 is 0.868 bits per heavy atom. The Kier molecular flexibility index (Phi) is 10.1. The predicted molar refractivity (Wildman–Crippen MR) is 162 cm³/mol. The highest BCUT2D eigenvalue weighted by atomic mass is 28.4. The van der Waals surface area contributed by atoms with Gasteiger partial charge in [-0.05, 0) is 84.6 Å². The van der Waals surface area contributed by atoms with Gasteiger partial charge in [0.1, 0.15) is 12.4 Å². The molecule has 0 amide bonds. The van der Waals surface area contributed by atoms with Crippen molar-refractivity contribution in [2.45, 2.75) is 112 Å². The number of benzene rings is 2. The molecule has 0 bridgehead atoms. The van der Waals surface area contributed by atoms with Gasteiger partial charge in [0.25, 0.3) is 0 Å². The van der Waals surface area contributed by atoms with Crippen molar-refractivity contribution in [3.8, 4) is 5.75 Å². The SMILES string of the molecule is CCC(CC)(c1ccc(OCC(O[Si](C)(C)C(C)(C)C)C(C)(C)C)c(C)c1)c1ccc(C(=O)OC)c(C)c1. The molecule has 0 radical (unpaired) electrons. The summed E-state index contributed by atoms with van der Waals surface area (Å²) in [5.74, 6) is 0.608. The summed E-state index contributed by atoms with van der Waals surface area (Å²) in [6.45, 7) is 27.2. The summed E-state index contributed by atoms with van der Waals surface area (Å²) >= 11 is 0. The van der Waals surface area contributed by atoms with Crippen LogP contribution in [0.4, 0.5) is 0 Å². The molecule has 0 heterocycles. The number of carbonyl (C=O) groups is 1. The molecule has 0 aliphatic carbocycles. The van der Waals surface area contributed by atoms with E-state index >= 15 is 0 Å². The van der Waals surface area contributed by atoms with Crippen molar-refractivity contribution >= 4 is 14.3 Å². The molecule has 0 fully saturated rings. The van der Waals surface area contributed by atoms with E-state index in [4.69, 9.17) is 13.9 Å². The summed E-state index contributed by atoms with van der Waals surface area (Å²) in [4.78, 5) is 12.1. The Balaban J connectivity index is 2.37. The normalized spacial score (nSPS) is 13.8. The minimum Gasteiger partial charge on any atom is -0.491 e. The zero-order valence-corrected chi connectivity index (χ0v) is 27.3. The van der Waals surface area contributed by atoms with Crippen molar-refractivity contribution in [3.05, 3.63) is 64.2 Å². The second-order valence-corrected chi connectivity index (χ2v) is 18.1. The van der Waals surface area contributed by atoms with Gasteiger partial charge in [-0.25, -0.2) is 4.79 Å². The topological polar surface area (TPSA) is 44.8 Å². The Morgan fingerprint density at radius 3 is 1.82 bits per heavy atom. The van der Waals surface area contributed by atoms with Crippen LogP contribution in [-0.4, -0.2) is 34.1 Å². The summed E-state index contributed by atoms with van der Waals surface area (Å²) in [6.07, 6.45) is 1.91. The van der Waals surface area contributed by atoms with E-state index < -0.39 is 8.32 Å². The molecule has 212 valence electrons. The summed E-state index contributed by atoms with van der Waals surface area (Å²) in [5.41, 5.74) is 4.98. The third-order valence-corrected chi connectivity index (χ3v) is 13.2. The molecule has 0 aromatic heterocycles. The van der Waals surface area contributed by atoms with Gasteiger partial charge in [-0.2, -0.15) is 0 Å². The zero-order valence-electron chi connectivity index (χ0n) is 26.3. The van der Waals surface area contributed by atoms with Gasteiger partial charge in [-0.15, -0.1) is 0 Å². The van der Waals surface area contributed by atoms with Crippen LogP contribution in [0.1, 0.15) is 101 Å². The molecular formula is C33H52O4Si. The lowest BCUT2D eigenvalue weighted by Gasteiger charge is -2.43. The van der Waals surface area contributed by atoms with Crippen LogP contribution in [0.5, 0.6) is 5.75 Å². The first kappa shape index (κ1) is 32.1. The fourth-order valence-corrected chi connectivity index (χ4v) is 6.29. The Morgan fingerprint density at radius 2 is 1.39 bits per heavy atom. The molecule has 0 saturated heterocycles. The van der Waals surface area contributed by atoms with Crippen LogP contribution in [0, 0.1) is 19.3 Å². The fraction of sp³-hybridized carbons (Fsp3) is 0.606. The molecule has 5 heteroatoms. The quantitative estimate of drug-likeness (QED) is 0.223. The van der Waals surface area contributed by atoms with E-state index in [-0.39, 0.29) is 27.9 Å². The maximum Gasteiger partial charge on any atom is 0.338 e. The van der Waals surface area contributed by atoms with Crippen molar-refractivity contribution in [2.24, 2.45) is 5.41 Å². The number of ether oxygens (including phenoxy) is 2. The van der Waals surface area contributed by atoms with Crippen molar-refractivity contribution in [1.29, 1.82) is 0 Å². The molecule has 1 unspecified atom stereocenters. The molecule has 0 aliphatic heterocycles. The van der Waals surface area contributed by atoms with Crippen LogP contribution in [0.3, 0.4) is 0 Å². The molecule has 4 nitrogen and oxygen atoms in total. The molecule has 0 saturated carbocycles. The number of carbonyl (C=O) groups excluding carboxylic acids is 1. The van der Waals surface area contributed by atoms with E-state index in [2.05, 4.69) is 106 Å². The van der Waals surface area contributed by atoms with Crippen molar-refractivity contribution in [3.63, 3.8) is 0 Å². The summed E-state index contributed by atoms with van der Waals surface area (Å²) < 4.78 is 18.2. The Bertz CT molecular complexity index is 1100. The first-order valence-corrected chi connectivity index (χ1v) is 17.0. The van der Waals surface area contributed by atoms with Gasteiger partial charge in [0.05, 0.1) is 18.8 Å². The molecule has 1 atom stereocenters. The third kappa shape index (κ3) is 6.90. The maximum atomic E-state index is 12.1. The van der Waals surface area contributed by atoms with E-state index in [0.29, 0.717) is 12.2 Å². The van der Waals surface area contributed by atoms with Crippen LogP contribution in [0.2, 0.25) is 18.1 Å². The van der Waals surface area contributed by atoms with E-state index in [9.17, 15) is 4.79 Å². The van der Waals surface area contributed by atoms with Gasteiger partial charge in [0, 0.05) is 5.41 Å². The molecule has 0 spiro atoms. The minimum absolute atomic E-state index is 0.00384.